The summed E-state index contributed by atoms with van der Waals surface area (Å²) in [5.41, 5.74) is 1.33. The van der Waals surface area contributed by atoms with E-state index in [2.05, 4.69) is 10.6 Å². The monoisotopic (exact) mass is 443 g/mol. The van der Waals surface area contributed by atoms with Crippen molar-refractivity contribution >= 4 is 34.6 Å². The highest BCUT2D eigenvalue weighted by atomic mass is 32.1. The van der Waals surface area contributed by atoms with Gasteiger partial charge in [0.05, 0.1) is 44.0 Å². The zero-order valence-electron chi connectivity index (χ0n) is 17.2. The van der Waals surface area contributed by atoms with Gasteiger partial charge in [0.1, 0.15) is 17.6 Å². The molecule has 0 spiro atoms. The molecule has 4 rings (SSSR count). The zero-order valence-corrected chi connectivity index (χ0v) is 18.0. The van der Waals surface area contributed by atoms with E-state index in [9.17, 15) is 15.0 Å². The minimum Gasteiger partial charge on any atom is -0.497 e. The Hall–Kier alpha value is -2.88. The van der Waals surface area contributed by atoms with E-state index in [0.29, 0.717) is 28.0 Å². The van der Waals surface area contributed by atoms with Gasteiger partial charge in [-0.25, -0.2) is 0 Å². The number of nitrogens with one attached hydrogen (secondary N) is 2. The highest BCUT2D eigenvalue weighted by Gasteiger charge is 2.54. The molecular formula is C22H25N3O5S. The van der Waals surface area contributed by atoms with Crippen molar-refractivity contribution in [2.75, 3.05) is 24.4 Å². The van der Waals surface area contributed by atoms with E-state index in [1.807, 2.05) is 18.2 Å². The molecule has 1 saturated carbocycles. The van der Waals surface area contributed by atoms with Gasteiger partial charge in [0, 0.05) is 23.9 Å². The van der Waals surface area contributed by atoms with Gasteiger partial charge in [0.15, 0.2) is 5.11 Å². The smallest absolute Gasteiger partial charge is 0.229 e. The molecule has 1 amide bonds. The molecular weight excluding hydrogens is 418 g/mol. The van der Waals surface area contributed by atoms with Gasteiger partial charge in [-0.1, -0.05) is 18.2 Å². The first-order valence-electron chi connectivity index (χ1n) is 9.97. The second kappa shape index (κ2) is 8.70. The zero-order chi connectivity index (χ0) is 22.1. The van der Waals surface area contributed by atoms with Crippen LogP contribution in [0.3, 0.4) is 0 Å². The summed E-state index contributed by atoms with van der Waals surface area (Å²) >= 11 is 5.57. The summed E-state index contributed by atoms with van der Waals surface area (Å²) in [5.74, 6) is 0.261. The number of fused-ring (bicyclic) bond motifs is 1. The number of carbonyl (C=O) groups is 1. The van der Waals surface area contributed by atoms with Crippen LogP contribution >= 0.6 is 12.2 Å². The molecule has 2 aromatic rings. The minimum absolute atomic E-state index is 0.100. The summed E-state index contributed by atoms with van der Waals surface area (Å²) in [5, 5.41) is 27.5. The van der Waals surface area contributed by atoms with Crippen LogP contribution in [0.4, 0.5) is 11.4 Å². The Labute approximate surface area is 185 Å². The van der Waals surface area contributed by atoms with Crippen molar-refractivity contribution in [3.8, 4) is 11.5 Å². The number of methoxy groups -OCH3 is 2. The van der Waals surface area contributed by atoms with Gasteiger partial charge >= 0.3 is 0 Å². The summed E-state index contributed by atoms with van der Waals surface area (Å²) in [6.45, 7) is 0. The minimum atomic E-state index is -1.07. The highest BCUT2D eigenvalue weighted by Crippen LogP contribution is 2.39. The van der Waals surface area contributed by atoms with Gasteiger partial charge in [-0.15, -0.1) is 0 Å². The molecule has 1 heterocycles. The van der Waals surface area contributed by atoms with E-state index in [1.165, 1.54) is 0 Å². The third-order valence-corrected chi connectivity index (χ3v) is 6.15. The van der Waals surface area contributed by atoms with Crippen molar-refractivity contribution in [2.24, 2.45) is 5.92 Å². The molecule has 8 nitrogen and oxygen atoms in total. The third kappa shape index (κ3) is 4.04. The van der Waals surface area contributed by atoms with Crippen LogP contribution in [0.5, 0.6) is 11.5 Å². The number of nitrogens with zero attached hydrogens (tertiary/aromatic N) is 1. The average Bonchev–Trinajstić information content (AvgIpc) is 3.13. The van der Waals surface area contributed by atoms with Crippen LogP contribution in [0.25, 0.3) is 0 Å². The molecule has 2 fully saturated rings. The van der Waals surface area contributed by atoms with Gasteiger partial charge in [-0.05, 0) is 30.8 Å². The maximum atomic E-state index is 13.2. The molecule has 0 unspecified atom stereocenters. The van der Waals surface area contributed by atoms with Crippen molar-refractivity contribution in [1.29, 1.82) is 0 Å². The lowest BCUT2D eigenvalue weighted by atomic mass is 9.77. The molecule has 164 valence electrons. The molecule has 9 heteroatoms. The van der Waals surface area contributed by atoms with E-state index in [-0.39, 0.29) is 12.3 Å². The lowest BCUT2D eigenvalue weighted by Crippen LogP contribution is -2.60. The number of rotatable bonds is 5. The van der Waals surface area contributed by atoms with Crippen LogP contribution in [0.1, 0.15) is 6.42 Å². The predicted molar refractivity (Wildman–Crippen MR) is 121 cm³/mol. The maximum Gasteiger partial charge on any atom is 0.229 e. The molecule has 2 aromatic carbocycles. The summed E-state index contributed by atoms with van der Waals surface area (Å²) in [6.07, 6.45) is -2.02. The number of thiocarbonyl (C=S) groups is 1. The number of ether oxygens (including phenoxy) is 2. The normalized spacial score (nSPS) is 27.3. The molecule has 0 bridgehead atoms. The number of benzene rings is 2. The summed E-state index contributed by atoms with van der Waals surface area (Å²) in [7, 11) is 3.11. The Kier molecular flexibility index (Phi) is 5.99. The van der Waals surface area contributed by atoms with Crippen molar-refractivity contribution < 1.29 is 24.5 Å². The quantitative estimate of drug-likeness (QED) is 0.516. The number of amides is 1. The number of aliphatic hydroxyl groups excluding tert-OH is 2. The first-order valence-corrected chi connectivity index (χ1v) is 10.4. The molecule has 1 aliphatic heterocycles. The molecule has 2 aliphatic rings. The number of carbonyl (C=O) groups excluding carboxylic acids is 1. The van der Waals surface area contributed by atoms with E-state index in [1.54, 1.807) is 49.5 Å². The lowest BCUT2D eigenvalue weighted by molar-refractivity contribution is -0.126. The molecule has 5 atom stereocenters. The second-order valence-electron chi connectivity index (χ2n) is 7.66. The molecule has 1 saturated heterocycles. The van der Waals surface area contributed by atoms with Crippen molar-refractivity contribution in [2.45, 2.75) is 30.7 Å². The lowest BCUT2D eigenvalue weighted by Gasteiger charge is -2.41. The molecule has 1 aliphatic carbocycles. The number of hydrogen-bond donors (Lipinski definition) is 4. The van der Waals surface area contributed by atoms with Crippen LogP contribution < -0.4 is 25.0 Å². The van der Waals surface area contributed by atoms with Crippen LogP contribution in [0, 0.1) is 5.92 Å². The van der Waals surface area contributed by atoms with Crippen molar-refractivity contribution in [3.05, 3.63) is 48.5 Å². The molecule has 31 heavy (non-hydrogen) atoms. The standard InChI is InChI=1S/C22H25N3O5S/c1-29-14-8-13(9-15(10-14)30-2)25-19-16(21(28)23-12-6-4-3-5-7-12)11-17(26)20(27)18(19)24-22(25)31/h3-10,16-20,26-27H,11H2,1-2H3,(H,23,28)(H,24,31)/t16-,17-,18-,19+,20+/m1/s1. The Bertz CT molecular complexity index is 951. The summed E-state index contributed by atoms with van der Waals surface area (Å²) in [4.78, 5) is 15.0. The SMILES string of the molecule is COc1cc(OC)cc(N2C(=S)N[C@H]3[C@@H](O)[C@H](O)C[C@@H](C(=O)Nc4ccccc4)[C@@H]32)c1. The van der Waals surface area contributed by atoms with Gasteiger partial charge < -0.3 is 35.2 Å². The molecule has 4 N–H and O–H groups in total. The fourth-order valence-corrected chi connectivity index (χ4v) is 4.69. The second-order valence-corrected chi connectivity index (χ2v) is 8.05. The van der Waals surface area contributed by atoms with Crippen molar-refractivity contribution in [3.63, 3.8) is 0 Å². The van der Waals surface area contributed by atoms with E-state index < -0.39 is 30.2 Å². The summed E-state index contributed by atoms with van der Waals surface area (Å²) < 4.78 is 10.8. The Morgan fingerprint density at radius 3 is 2.39 bits per heavy atom. The van der Waals surface area contributed by atoms with E-state index >= 15 is 0 Å². The van der Waals surface area contributed by atoms with Crippen LogP contribution in [0.2, 0.25) is 0 Å². The number of para-hydroxylation sites is 1. The van der Waals surface area contributed by atoms with Crippen molar-refractivity contribution in [1.82, 2.24) is 5.32 Å². The van der Waals surface area contributed by atoms with Gasteiger partial charge in [-0.3, -0.25) is 4.79 Å². The maximum absolute atomic E-state index is 13.2. The topological polar surface area (TPSA) is 103 Å². The summed E-state index contributed by atoms with van der Waals surface area (Å²) in [6, 6.07) is 13.3. The predicted octanol–water partition coefficient (Wildman–Crippen LogP) is 1.52. The third-order valence-electron chi connectivity index (χ3n) is 5.84. The number of anilines is 2. The van der Waals surface area contributed by atoms with E-state index in [0.717, 1.165) is 0 Å². The first kappa shape index (κ1) is 21.4. The van der Waals surface area contributed by atoms with Crippen LogP contribution in [0.15, 0.2) is 48.5 Å². The van der Waals surface area contributed by atoms with Crippen LogP contribution in [-0.4, -0.2) is 59.7 Å². The molecule has 0 radical (unpaired) electrons. The first-order chi connectivity index (χ1) is 14.9. The average molecular weight is 444 g/mol. The fourth-order valence-electron chi connectivity index (χ4n) is 4.33. The number of hydrogen-bond acceptors (Lipinski definition) is 6. The molecule has 0 aromatic heterocycles. The Morgan fingerprint density at radius 2 is 1.77 bits per heavy atom. The fraction of sp³-hybridized carbons (Fsp3) is 0.364. The highest BCUT2D eigenvalue weighted by molar-refractivity contribution is 7.80. The Balaban J connectivity index is 1.71. The van der Waals surface area contributed by atoms with Gasteiger partial charge in [0.25, 0.3) is 0 Å². The van der Waals surface area contributed by atoms with Gasteiger partial charge in [-0.2, -0.15) is 0 Å². The van der Waals surface area contributed by atoms with Gasteiger partial charge in [0.2, 0.25) is 5.91 Å². The van der Waals surface area contributed by atoms with E-state index in [4.69, 9.17) is 21.7 Å². The van der Waals surface area contributed by atoms with Crippen LogP contribution in [-0.2, 0) is 4.79 Å². The largest absolute Gasteiger partial charge is 0.497 e. The Morgan fingerprint density at radius 1 is 1.13 bits per heavy atom. The number of aliphatic hydroxyl groups is 2.